The van der Waals surface area contributed by atoms with Crippen LogP contribution in [0.2, 0.25) is 0 Å². The normalized spacial score (nSPS) is 10.7. The summed E-state index contributed by atoms with van der Waals surface area (Å²) in [4.78, 5) is 0. The van der Waals surface area contributed by atoms with Gasteiger partial charge in [-0.15, -0.1) is 0 Å². The molecule has 0 aliphatic rings. The first-order chi connectivity index (χ1) is 8.49. The summed E-state index contributed by atoms with van der Waals surface area (Å²) in [5, 5.41) is 7.85. The van der Waals surface area contributed by atoms with E-state index in [2.05, 4.69) is 55.3 Å². The van der Waals surface area contributed by atoms with Gasteiger partial charge in [0.1, 0.15) is 0 Å². The zero-order chi connectivity index (χ0) is 13.3. The summed E-state index contributed by atoms with van der Waals surface area (Å²) < 4.78 is 4.04. The summed E-state index contributed by atoms with van der Waals surface area (Å²) in [5.41, 5.74) is 4.61. The van der Waals surface area contributed by atoms with Crippen molar-refractivity contribution < 1.29 is 0 Å². The molecule has 0 atom stereocenters. The molecule has 2 rings (SSSR count). The number of hydrogen-bond acceptors (Lipinski definition) is 2. The molecule has 0 radical (unpaired) electrons. The van der Waals surface area contributed by atoms with Gasteiger partial charge in [-0.1, -0.05) is 15.9 Å². The van der Waals surface area contributed by atoms with Gasteiger partial charge in [-0.25, -0.2) is 0 Å². The molecule has 0 saturated carbocycles. The number of rotatable bonds is 3. The first-order valence-corrected chi connectivity index (χ1v) is 7.25. The third kappa shape index (κ3) is 2.78. The summed E-state index contributed by atoms with van der Waals surface area (Å²) in [5.74, 6) is 0. The summed E-state index contributed by atoms with van der Waals surface area (Å²) in [7, 11) is 1.97. The lowest BCUT2D eigenvalue weighted by atomic mass is 10.2. The molecule has 96 valence electrons. The molecule has 0 bridgehead atoms. The molecule has 0 aliphatic heterocycles. The van der Waals surface area contributed by atoms with Crippen molar-refractivity contribution in [2.24, 2.45) is 7.05 Å². The fourth-order valence-corrected chi connectivity index (χ4v) is 2.64. The predicted octanol–water partition coefficient (Wildman–Crippen LogP) is 4.17. The molecule has 18 heavy (non-hydrogen) atoms. The lowest BCUT2D eigenvalue weighted by Gasteiger charge is -2.09. The number of hydrogen-bond donors (Lipinski definition) is 1. The minimum atomic E-state index is 0.778. The number of benzene rings is 1. The third-order valence-electron chi connectivity index (χ3n) is 3.04. The van der Waals surface area contributed by atoms with Crippen LogP contribution in [0.1, 0.15) is 17.0 Å². The van der Waals surface area contributed by atoms with Crippen LogP contribution in [0.4, 0.5) is 5.69 Å². The van der Waals surface area contributed by atoms with E-state index < -0.39 is 0 Å². The van der Waals surface area contributed by atoms with Crippen molar-refractivity contribution in [3.8, 4) is 0 Å². The molecular weight excluding hydrogens is 358 g/mol. The number of aromatic nitrogens is 2. The van der Waals surface area contributed by atoms with Gasteiger partial charge in [-0.2, -0.15) is 5.10 Å². The van der Waals surface area contributed by atoms with E-state index in [-0.39, 0.29) is 0 Å². The minimum Gasteiger partial charge on any atom is -0.380 e. The van der Waals surface area contributed by atoms with Gasteiger partial charge in [0.05, 0.1) is 5.69 Å². The van der Waals surface area contributed by atoms with Crippen LogP contribution in [-0.2, 0) is 13.6 Å². The Labute approximate surface area is 124 Å². The molecule has 0 fully saturated rings. The number of nitrogens with one attached hydrogen (secondary N) is 1. The molecule has 1 N–H and O–H groups in total. The maximum Gasteiger partial charge on any atom is 0.0646 e. The molecule has 1 heterocycles. The van der Waals surface area contributed by atoms with E-state index in [1.54, 1.807) is 0 Å². The van der Waals surface area contributed by atoms with E-state index in [0.717, 1.165) is 26.9 Å². The van der Waals surface area contributed by atoms with Crippen molar-refractivity contribution in [2.45, 2.75) is 20.4 Å². The largest absolute Gasteiger partial charge is 0.380 e. The molecule has 0 aliphatic carbocycles. The van der Waals surface area contributed by atoms with Crippen molar-refractivity contribution in [2.75, 3.05) is 5.32 Å². The van der Waals surface area contributed by atoms with E-state index in [0.29, 0.717) is 0 Å². The Morgan fingerprint density at radius 3 is 2.61 bits per heavy atom. The summed E-state index contributed by atoms with van der Waals surface area (Å²) in [6.45, 7) is 4.91. The maximum atomic E-state index is 4.42. The molecule has 3 nitrogen and oxygen atoms in total. The molecule has 0 unspecified atom stereocenters. The SMILES string of the molecule is Cc1nn(C)c(C)c1CNc1cc(Br)ccc1Br. The van der Waals surface area contributed by atoms with Gasteiger partial charge in [-0.05, 0) is 48.0 Å². The fraction of sp³-hybridized carbons (Fsp3) is 0.308. The predicted molar refractivity (Wildman–Crippen MR) is 81.9 cm³/mol. The molecule has 1 aromatic carbocycles. The lowest BCUT2D eigenvalue weighted by Crippen LogP contribution is -2.03. The highest BCUT2D eigenvalue weighted by Gasteiger charge is 2.09. The van der Waals surface area contributed by atoms with E-state index in [9.17, 15) is 0 Å². The molecule has 2 aromatic rings. The molecule has 1 aromatic heterocycles. The Morgan fingerprint density at radius 1 is 1.28 bits per heavy atom. The van der Waals surface area contributed by atoms with Gasteiger partial charge in [-0.3, -0.25) is 4.68 Å². The number of anilines is 1. The Balaban J connectivity index is 2.19. The number of halogens is 2. The van der Waals surface area contributed by atoms with Crippen LogP contribution >= 0.6 is 31.9 Å². The van der Waals surface area contributed by atoms with E-state index >= 15 is 0 Å². The smallest absolute Gasteiger partial charge is 0.0646 e. The van der Waals surface area contributed by atoms with E-state index in [4.69, 9.17) is 0 Å². The van der Waals surface area contributed by atoms with Crippen LogP contribution in [0, 0.1) is 13.8 Å². The second-order valence-corrected chi connectivity index (χ2v) is 6.02. The van der Waals surface area contributed by atoms with Crippen molar-refractivity contribution in [3.63, 3.8) is 0 Å². The highest BCUT2D eigenvalue weighted by Crippen LogP contribution is 2.27. The van der Waals surface area contributed by atoms with E-state index in [1.807, 2.05) is 30.8 Å². The quantitative estimate of drug-likeness (QED) is 0.875. The Hall–Kier alpha value is -0.810. The molecule has 0 amide bonds. The topological polar surface area (TPSA) is 29.9 Å². The number of nitrogens with zero attached hydrogens (tertiary/aromatic N) is 2. The average Bonchev–Trinajstić information content (AvgIpc) is 2.55. The Morgan fingerprint density at radius 2 is 2.00 bits per heavy atom. The standard InChI is InChI=1S/C13H15Br2N3/c1-8-11(9(2)18(3)17-8)7-16-13-6-10(14)4-5-12(13)15/h4-6,16H,7H2,1-3H3. The van der Waals surface area contributed by atoms with Crippen LogP contribution in [0.3, 0.4) is 0 Å². The summed E-state index contributed by atoms with van der Waals surface area (Å²) >= 11 is 7.02. The molecule has 0 saturated heterocycles. The second kappa shape index (κ2) is 5.45. The van der Waals surface area contributed by atoms with Crippen molar-refractivity contribution in [1.29, 1.82) is 0 Å². The molecule has 0 spiro atoms. The Kier molecular flexibility index (Phi) is 4.12. The minimum absolute atomic E-state index is 0.778. The van der Waals surface area contributed by atoms with Crippen LogP contribution in [0.5, 0.6) is 0 Å². The Bertz CT molecular complexity index is 576. The zero-order valence-electron chi connectivity index (χ0n) is 10.6. The lowest BCUT2D eigenvalue weighted by molar-refractivity contribution is 0.730. The van der Waals surface area contributed by atoms with Crippen LogP contribution in [-0.4, -0.2) is 9.78 Å². The zero-order valence-corrected chi connectivity index (χ0v) is 13.8. The monoisotopic (exact) mass is 371 g/mol. The highest BCUT2D eigenvalue weighted by molar-refractivity contribution is 9.11. The van der Waals surface area contributed by atoms with Gasteiger partial charge in [0.15, 0.2) is 0 Å². The van der Waals surface area contributed by atoms with Crippen LogP contribution < -0.4 is 5.32 Å². The maximum absolute atomic E-state index is 4.42. The second-order valence-electron chi connectivity index (χ2n) is 4.25. The van der Waals surface area contributed by atoms with Gasteiger partial charge in [0, 0.05) is 39.5 Å². The van der Waals surface area contributed by atoms with Crippen molar-refractivity contribution in [3.05, 3.63) is 44.1 Å². The average molecular weight is 373 g/mol. The molecular formula is C13H15Br2N3. The van der Waals surface area contributed by atoms with E-state index in [1.165, 1.54) is 11.3 Å². The highest BCUT2D eigenvalue weighted by atomic mass is 79.9. The summed E-state index contributed by atoms with van der Waals surface area (Å²) in [6.07, 6.45) is 0. The molecule has 5 heteroatoms. The first-order valence-electron chi connectivity index (χ1n) is 5.67. The van der Waals surface area contributed by atoms with Gasteiger partial charge >= 0.3 is 0 Å². The summed E-state index contributed by atoms with van der Waals surface area (Å²) in [6, 6.07) is 6.09. The van der Waals surface area contributed by atoms with Gasteiger partial charge in [0.2, 0.25) is 0 Å². The van der Waals surface area contributed by atoms with Crippen LogP contribution in [0.15, 0.2) is 27.1 Å². The first kappa shape index (κ1) is 13.6. The van der Waals surface area contributed by atoms with Gasteiger partial charge < -0.3 is 5.32 Å². The van der Waals surface area contributed by atoms with Crippen molar-refractivity contribution >= 4 is 37.5 Å². The third-order valence-corrected chi connectivity index (χ3v) is 4.23. The van der Waals surface area contributed by atoms with Gasteiger partial charge in [0.25, 0.3) is 0 Å². The number of aryl methyl sites for hydroxylation is 2. The van der Waals surface area contributed by atoms with Crippen molar-refractivity contribution in [1.82, 2.24) is 9.78 Å². The fourth-order valence-electron chi connectivity index (χ4n) is 1.89. The van der Waals surface area contributed by atoms with Crippen LogP contribution in [0.25, 0.3) is 0 Å².